The second-order valence-corrected chi connectivity index (χ2v) is 6.16. The van der Waals surface area contributed by atoms with E-state index >= 15 is 0 Å². The molecule has 23 heavy (non-hydrogen) atoms. The lowest BCUT2D eigenvalue weighted by Crippen LogP contribution is -2.25. The summed E-state index contributed by atoms with van der Waals surface area (Å²) in [6, 6.07) is 12.3. The Balaban J connectivity index is 2.09. The fraction of sp³-hybridized carbons (Fsp3) is 0.350. The third-order valence-electron chi connectivity index (χ3n) is 4.55. The van der Waals surface area contributed by atoms with Gasteiger partial charge in [-0.25, -0.2) is 0 Å². The molecular formula is C20H23NO2. The largest absolute Gasteiger partial charge is 0.493 e. The molecule has 0 saturated heterocycles. The first-order valence-electron chi connectivity index (χ1n) is 8.23. The Morgan fingerprint density at radius 2 is 1.91 bits per heavy atom. The van der Waals surface area contributed by atoms with Gasteiger partial charge >= 0.3 is 0 Å². The number of hydrogen-bond donors (Lipinski definition) is 1. The summed E-state index contributed by atoms with van der Waals surface area (Å²) >= 11 is 0. The van der Waals surface area contributed by atoms with Crippen LogP contribution < -0.4 is 10.1 Å². The summed E-state index contributed by atoms with van der Waals surface area (Å²) in [4.78, 5) is 12.2. The summed E-state index contributed by atoms with van der Waals surface area (Å²) < 4.78 is 5.91. The molecule has 1 amide bonds. The van der Waals surface area contributed by atoms with Crippen LogP contribution in [0.15, 0.2) is 36.4 Å². The third kappa shape index (κ3) is 2.96. The molecule has 120 valence electrons. The monoisotopic (exact) mass is 309 g/mol. The molecule has 1 N–H and O–H groups in total. The van der Waals surface area contributed by atoms with Gasteiger partial charge in [0.15, 0.2) is 0 Å². The lowest BCUT2D eigenvalue weighted by molar-refractivity contribution is -0.116. The highest BCUT2D eigenvalue weighted by atomic mass is 16.5. The van der Waals surface area contributed by atoms with Crippen molar-refractivity contribution in [3.8, 4) is 5.75 Å². The number of carbonyl (C=O) groups excluding carboxylic acids is 1. The van der Waals surface area contributed by atoms with Gasteiger partial charge in [-0.15, -0.1) is 0 Å². The lowest BCUT2D eigenvalue weighted by Gasteiger charge is -2.29. The molecule has 0 saturated carbocycles. The predicted octanol–water partition coefficient (Wildman–Crippen LogP) is 4.57. The van der Waals surface area contributed by atoms with Crippen LogP contribution in [0.25, 0.3) is 0 Å². The number of fused-ring (bicyclic) bond motifs is 1. The van der Waals surface area contributed by atoms with E-state index in [-0.39, 0.29) is 11.8 Å². The minimum absolute atomic E-state index is 0.0473. The maximum absolute atomic E-state index is 12.2. The molecule has 2 aromatic carbocycles. The zero-order valence-corrected chi connectivity index (χ0v) is 14.0. The predicted molar refractivity (Wildman–Crippen MR) is 93.2 cm³/mol. The Morgan fingerprint density at radius 3 is 2.70 bits per heavy atom. The van der Waals surface area contributed by atoms with Gasteiger partial charge in [0.05, 0.1) is 6.61 Å². The van der Waals surface area contributed by atoms with Crippen LogP contribution in [0.4, 0.5) is 5.69 Å². The van der Waals surface area contributed by atoms with Crippen LogP contribution in [0.5, 0.6) is 5.75 Å². The number of para-hydroxylation sites is 1. The van der Waals surface area contributed by atoms with Crippen LogP contribution in [0, 0.1) is 13.8 Å². The van der Waals surface area contributed by atoms with E-state index in [1.165, 1.54) is 11.1 Å². The number of carbonyl (C=O) groups is 1. The number of amides is 1. The molecule has 1 aliphatic rings. The first-order valence-corrected chi connectivity index (χ1v) is 8.23. The molecule has 2 aromatic rings. The zero-order chi connectivity index (χ0) is 16.4. The summed E-state index contributed by atoms with van der Waals surface area (Å²) in [7, 11) is 0. The fourth-order valence-corrected chi connectivity index (χ4v) is 3.17. The van der Waals surface area contributed by atoms with E-state index in [9.17, 15) is 4.79 Å². The van der Waals surface area contributed by atoms with E-state index in [1.54, 1.807) is 0 Å². The highest BCUT2D eigenvalue weighted by Gasteiger charge is 2.29. The molecule has 0 unspecified atom stereocenters. The molecule has 1 atom stereocenters. The summed E-state index contributed by atoms with van der Waals surface area (Å²) in [5.41, 5.74) is 5.59. The van der Waals surface area contributed by atoms with E-state index in [4.69, 9.17) is 4.74 Å². The summed E-state index contributed by atoms with van der Waals surface area (Å²) in [6.07, 6.45) is 1.43. The lowest BCUT2D eigenvalue weighted by atomic mass is 9.82. The van der Waals surface area contributed by atoms with Gasteiger partial charge in [0.1, 0.15) is 5.75 Å². The molecule has 0 aromatic heterocycles. The van der Waals surface area contributed by atoms with Crippen molar-refractivity contribution in [3.05, 3.63) is 58.7 Å². The van der Waals surface area contributed by atoms with Crippen LogP contribution >= 0.6 is 0 Å². The van der Waals surface area contributed by atoms with Gasteiger partial charge in [-0.3, -0.25) is 4.79 Å². The summed E-state index contributed by atoms with van der Waals surface area (Å²) in [5.74, 6) is 1.01. The minimum Gasteiger partial charge on any atom is -0.493 e. The third-order valence-corrected chi connectivity index (χ3v) is 4.55. The van der Waals surface area contributed by atoms with Crippen molar-refractivity contribution in [2.75, 3.05) is 11.9 Å². The van der Waals surface area contributed by atoms with Crippen molar-refractivity contribution in [1.82, 2.24) is 0 Å². The van der Waals surface area contributed by atoms with Crippen LogP contribution in [0.3, 0.4) is 0 Å². The smallest absolute Gasteiger partial charge is 0.225 e. The van der Waals surface area contributed by atoms with Gasteiger partial charge in [-0.1, -0.05) is 37.3 Å². The second kappa shape index (κ2) is 6.45. The number of hydrogen-bond acceptors (Lipinski definition) is 2. The Bertz CT molecular complexity index is 736. The minimum atomic E-state index is 0.0473. The molecule has 0 bridgehead atoms. The molecule has 0 radical (unpaired) electrons. The fourth-order valence-electron chi connectivity index (χ4n) is 3.17. The maximum atomic E-state index is 12.2. The number of nitrogens with one attached hydrogen (secondary N) is 1. The standard InChI is InChI=1S/C20H23NO2/c1-4-11-23-18-8-6-5-7-15(18)17-12-19(22)21-20-14(3)13(2)9-10-16(17)20/h5-10,17H,4,11-12H2,1-3H3,(H,21,22)/t17-/m1/s1. The number of aryl methyl sites for hydroxylation is 1. The van der Waals surface area contributed by atoms with Gasteiger partial charge in [-0.2, -0.15) is 0 Å². The summed E-state index contributed by atoms with van der Waals surface area (Å²) in [5, 5.41) is 3.05. The highest BCUT2D eigenvalue weighted by Crippen LogP contribution is 2.42. The molecule has 3 heteroatoms. The van der Waals surface area contributed by atoms with Crippen LogP contribution in [-0.2, 0) is 4.79 Å². The maximum Gasteiger partial charge on any atom is 0.225 e. The topological polar surface area (TPSA) is 38.3 Å². The van der Waals surface area contributed by atoms with Gasteiger partial charge in [-0.05, 0) is 43.0 Å². The first kappa shape index (κ1) is 15.6. The average molecular weight is 309 g/mol. The molecule has 3 rings (SSSR count). The molecule has 1 aliphatic heterocycles. The molecule has 0 fully saturated rings. The zero-order valence-electron chi connectivity index (χ0n) is 14.0. The number of rotatable bonds is 4. The van der Waals surface area contributed by atoms with Crippen molar-refractivity contribution in [2.45, 2.75) is 39.5 Å². The number of ether oxygens (including phenoxy) is 1. The normalized spacial score (nSPS) is 16.7. The highest BCUT2D eigenvalue weighted by molar-refractivity contribution is 5.96. The molecule has 1 heterocycles. The quantitative estimate of drug-likeness (QED) is 0.898. The van der Waals surface area contributed by atoms with E-state index < -0.39 is 0 Å². The van der Waals surface area contributed by atoms with Crippen LogP contribution in [0.1, 0.15) is 47.9 Å². The van der Waals surface area contributed by atoms with Crippen molar-refractivity contribution in [1.29, 1.82) is 0 Å². The SMILES string of the molecule is CCCOc1ccccc1[C@H]1CC(=O)Nc2c1ccc(C)c2C. The van der Waals surface area contributed by atoms with E-state index in [0.29, 0.717) is 13.0 Å². The van der Waals surface area contributed by atoms with Gasteiger partial charge in [0, 0.05) is 23.6 Å². The van der Waals surface area contributed by atoms with Crippen molar-refractivity contribution in [3.63, 3.8) is 0 Å². The van der Waals surface area contributed by atoms with Gasteiger partial charge in [0.2, 0.25) is 5.91 Å². The second-order valence-electron chi connectivity index (χ2n) is 6.16. The Morgan fingerprint density at radius 1 is 1.13 bits per heavy atom. The number of benzene rings is 2. The Kier molecular flexibility index (Phi) is 4.37. The number of anilines is 1. The molecule has 0 aliphatic carbocycles. The Hall–Kier alpha value is -2.29. The molecule has 3 nitrogen and oxygen atoms in total. The van der Waals surface area contributed by atoms with E-state index in [0.717, 1.165) is 29.0 Å². The first-order chi connectivity index (χ1) is 11.1. The van der Waals surface area contributed by atoms with Gasteiger partial charge < -0.3 is 10.1 Å². The van der Waals surface area contributed by atoms with Crippen LogP contribution in [-0.4, -0.2) is 12.5 Å². The molecule has 0 spiro atoms. The Labute approximate surface area is 137 Å². The van der Waals surface area contributed by atoms with Crippen molar-refractivity contribution < 1.29 is 9.53 Å². The summed E-state index contributed by atoms with van der Waals surface area (Å²) in [6.45, 7) is 6.92. The van der Waals surface area contributed by atoms with E-state index in [2.05, 4.69) is 44.3 Å². The van der Waals surface area contributed by atoms with Crippen LogP contribution in [0.2, 0.25) is 0 Å². The van der Waals surface area contributed by atoms with Crippen molar-refractivity contribution >= 4 is 11.6 Å². The molecular weight excluding hydrogens is 286 g/mol. The average Bonchev–Trinajstić information content (AvgIpc) is 2.56. The van der Waals surface area contributed by atoms with E-state index in [1.807, 2.05) is 18.2 Å². The van der Waals surface area contributed by atoms with Gasteiger partial charge in [0.25, 0.3) is 0 Å². The van der Waals surface area contributed by atoms with Crippen molar-refractivity contribution in [2.24, 2.45) is 0 Å².